The smallest absolute Gasteiger partial charge is 0.190 e. The molecule has 0 aliphatic rings. The lowest BCUT2D eigenvalue weighted by molar-refractivity contribution is 0.261. The first-order chi connectivity index (χ1) is 9.15. The summed E-state index contributed by atoms with van der Waals surface area (Å²) in [5.74, 6) is 1.68. The van der Waals surface area contributed by atoms with Crippen molar-refractivity contribution in [2.75, 3.05) is 41.3 Å². The van der Waals surface area contributed by atoms with E-state index in [9.17, 15) is 0 Å². The molecular weight excluding hydrogens is 240 g/mol. The first kappa shape index (κ1) is 15.3. The molecule has 0 amide bonds. The summed E-state index contributed by atoms with van der Waals surface area (Å²) < 4.78 is 5.70. The van der Waals surface area contributed by atoms with Crippen LogP contribution >= 0.6 is 0 Å². The highest BCUT2D eigenvalue weighted by Crippen LogP contribution is 2.13. The summed E-state index contributed by atoms with van der Waals surface area (Å²) in [7, 11) is 7.66. The lowest BCUT2D eigenvalue weighted by Gasteiger charge is -2.12. The van der Waals surface area contributed by atoms with E-state index in [-0.39, 0.29) is 0 Å². The molecule has 0 atom stereocenters. The van der Waals surface area contributed by atoms with E-state index in [1.54, 1.807) is 7.05 Å². The highest BCUT2D eigenvalue weighted by molar-refractivity contribution is 5.79. The van der Waals surface area contributed by atoms with Gasteiger partial charge in [0.1, 0.15) is 12.4 Å². The molecule has 0 radical (unpaired) electrons. The normalized spacial score (nSPS) is 11.5. The number of aliphatic imine (C=N–C) groups is 1. The quantitative estimate of drug-likeness (QED) is 0.592. The van der Waals surface area contributed by atoms with E-state index in [1.807, 2.05) is 39.3 Å². The van der Waals surface area contributed by atoms with Crippen LogP contribution in [0.4, 0.5) is 0 Å². The van der Waals surface area contributed by atoms with Gasteiger partial charge in [0.15, 0.2) is 5.96 Å². The molecule has 1 aromatic rings. The second-order valence-electron chi connectivity index (χ2n) is 4.47. The standard InChI is InChI=1S/C14H24N4O/c1-15-14(16-2)17-11-12-6-5-7-13(10-12)19-9-8-18(3)4/h5-7,10H,8-9,11H2,1-4H3,(H2,15,16,17). The van der Waals surface area contributed by atoms with E-state index in [2.05, 4.69) is 26.6 Å². The Morgan fingerprint density at radius 3 is 2.79 bits per heavy atom. The Morgan fingerprint density at radius 1 is 1.37 bits per heavy atom. The fraction of sp³-hybridized carbons (Fsp3) is 0.500. The first-order valence-corrected chi connectivity index (χ1v) is 6.40. The van der Waals surface area contributed by atoms with Gasteiger partial charge in [-0.25, -0.2) is 0 Å². The SMILES string of the molecule is CN=C(NC)NCc1cccc(OCCN(C)C)c1. The number of hydrogen-bond acceptors (Lipinski definition) is 3. The number of ether oxygens (including phenoxy) is 1. The molecule has 5 nitrogen and oxygen atoms in total. The van der Waals surface area contributed by atoms with Gasteiger partial charge in [0, 0.05) is 27.2 Å². The number of rotatable bonds is 6. The van der Waals surface area contributed by atoms with Gasteiger partial charge in [0.05, 0.1) is 0 Å². The Bertz CT molecular complexity index is 404. The van der Waals surface area contributed by atoms with E-state index in [0.29, 0.717) is 6.61 Å². The van der Waals surface area contributed by atoms with Gasteiger partial charge in [0.25, 0.3) is 0 Å². The molecule has 0 spiro atoms. The Balaban J connectivity index is 2.47. The van der Waals surface area contributed by atoms with Crippen molar-refractivity contribution < 1.29 is 4.74 Å². The van der Waals surface area contributed by atoms with Crippen molar-refractivity contribution in [2.45, 2.75) is 6.54 Å². The van der Waals surface area contributed by atoms with Gasteiger partial charge in [-0.3, -0.25) is 4.99 Å². The molecular formula is C14H24N4O. The molecule has 19 heavy (non-hydrogen) atoms. The number of hydrogen-bond donors (Lipinski definition) is 2. The lowest BCUT2D eigenvalue weighted by Crippen LogP contribution is -2.34. The summed E-state index contributed by atoms with van der Waals surface area (Å²) in [5, 5.41) is 6.20. The van der Waals surface area contributed by atoms with Crippen molar-refractivity contribution >= 4 is 5.96 Å². The zero-order valence-corrected chi connectivity index (χ0v) is 12.2. The second kappa shape index (κ2) is 8.37. The summed E-state index contributed by atoms with van der Waals surface area (Å²) in [5.41, 5.74) is 1.17. The van der Waals surface area contributed by atoms with Gasteiger partial charge >= 0.3 is 0 Å². The number of nitrogens with one attached hydrogen (secondary N) is 2. The Labute approximate surface area is 115 Å². The number of nitrogens with zero attached hydrogens (tertiary/aromatic N) is 2. The van der Waals surface area contributed by atoms with Gasteiger partial charge in [-0.2, -0.15) is 0 Å². The van der Waals surface area contributed by atoms with E-state index in [0.717, 1.165) is 24.8 Å². The van der Waals surface area contributed by atoms with Crippen LogP contribution in [-0.4, -0.2) is 52.2 Å². The fourth-order valence-corrected chi connectivity index (χ4v) is 1.56. The van der Waals surface area contributed by atoms with E-state index in [1.165, 1.54) is 5.56 Å². The number of guanidine groups is 1. The van der Waals surface area contributed by atoms with Crippen molar-refractivity contribution in [3.8, 4) is 5.75 Å². The average Bonchev–Trinajstić information content (AvgIpc) is 2.40. The minimum Gasteiger partial charge on any atom is -0.492 e. The third kappa shape index (κ3) is 6.10. The summed E-state index contributed by atoms with van der Waals surface area (Å²) >= 11 is 0. The van der Waals surface area contributed by atoms with Crippen molar-refractivity contribution in [3.63, 3.8) is 0 Å². The fourth-order valence-electron chi connectivity index (χ4n) is 1.56. The van der Waals surface area contributed by atoms with Gasteiger partial charge in [0.2, 0.25) is 0 Å². The van der Waals surface area contributed by atoms with Crippen LogP contribution in [0, 0.1) is 0 Å². The molecule has 0 fully saturated rings. The highest BCUT2D eigenvalue weighted by atomic mass is 16.5. The molecule has 1 rings (SSSR count). The maximum atomic E-state index is 5.70. The van der Waals surface area contributed by atoms with Crippen LogP contribution in [0.5, 0.6) is 5.75 Å². The predicted molar refractivity (Wildman–Crippen MR) is 79.7 cm³/mol. The molecule has 0 heterocycles. The van der Waals surface area contributed by atoms with Crippen molar-refractivity contribution in [3.05, 3.63) is 29.8 Å². The summed E-state index contributed by atoms with van der Waals surface area (Å²) in [6, 6.07) is 8.09. The molecule has 0 bridgehead atoms. The zero-order chi connectivity index (χ0) is 14.1. The number of benzene rings is 1. The topological polar surface area (TPSA) is 48.9 Å². The molecule has 0 saturated heterocycles. The molecule has 1 aromatic carbocycles. The maximum Gasteiger partial charge on any atom is 0.190 e. The zero-order valence-electron chi connectivity index (χ0n) is 12.2. The third-order valence-corrected chi connectivity index (χ3v) is 2.63. The van der Waals surface area contributed by atoms with Crippen LogP contribution in [-0.2, 0) is 6.54 Å². The molecule has 106 valence electrons. The Kier molecular flexibility index (Phi) is 6.74. The van der Waals surface area contributed by atoms with Crippen molar-refractivity contribution in [1.82, 2.24) is 15.5 Å². The molecule has 0 aliphatic carbocycles. The molecule has 0 aliphatic heterocycles. The molecule has 0 saturated carbocycles. The van der Waals surface area contributed by atoms with Gasteiger partial charge in [-0.1, -0.05) is 12.1 Å². The predicted octanol–water partition coefficient (Wildman–Crippen LogP) is 0.922. The average molecular weight is 264 g/mol. The van der Waals surface area contributed by atoms with Crippen LogP contribution in [0.2, 0.25) is 0 Å². The Hall–Kier alpha value is -1.75. The lowest BCUT2D eigenvalue weighted by atomic mass is 10.2. The van der Waals surface area contributed by atoms with Crippen LogP contribution in [0.15, 0.2) is 29.3 Å². The minimum atomic E-state index is 0.696. The maximum absolute atomic E-state index is 5.70. The molecule has 0 unspecified atom stereocenters. The summed E-state index contributed by atoms with van der Waals surface area (Å²) in [6.07, 6.45) is 0. The largest absolute Gasteiger partial charge is 0.492 e. The van der Waals surface area contributed by atoms with Gasteiger partial charge < -0.3 is 20.3 Å². The van der Waals surface area contributed by atoms with Crippen LogP contribution in [0.25, 0.3) is 0 Å². The summed E-state index contributed by atoms with van der Waals surface area (Å²) in [4.78, 5) is 6.17. The van der Waals surface area contributed by atoms with E-state index in [4.69, 9.17) is 4.74 Å². The third-order valence-electron chi connectivity index (χ3n) is 2.63. The van der Waals surface area contributed by atoms with Crippen LogP contribution in [0.3, 0.4) is 0 Å². The monoisotopic (exact) mass is 264 g/mol. The van der Waals surface area contributed by atoms with Gasteiger partial charge in [-0.15, -0.1) is 0 Å². The highest BCUT2D eigenvalue weighted by Gasteiger charge is 1.99. The van der Waals surface area contributed by atoms with Crippen LogP contribution in [0.1, 0.15) is 5.56 Å². The first-order valence-electron chi connectivity index (χ1n) is 6.40. The second-order valence-corrected chi connectivity index (χ2v) is 4.47. The Morgan fingerprint density at radius 2 is 2.16 bits per heavy atom. The van der Waals surface area contributed by atoms with E-state index >= 15 is 0 Å². The van der Waals surface area contributed by atoms with Crippen LogP contribution < -0.4 is 15.4 Å². The minimum absolute atomic E-state index is 0.696. The molecule has 5 heteroatoms. The molecule has 0 aromatic heterocycles. The van der Waals surface area contributed by atoms with Crippen molar-refractivity contribution in [1.29, 1.82) is 0 Å². The number of likely N-dealkylation sites (N-methyl/N-ethyl adjacent to an activating group) is 1. The van der Waals surface area contributed by atoms with Crippen molar-refractivity contribution in [2.24, 2.45) is 4.99 Å². The summed E-state index contributed by atoms with van der Waals surface area (Å²) in [6.45, 7) is 2.33. The van der Waals surface area contributed by atoms with E-state index < -0.39 is 0 Å². The molecule has 2 N–H and O–H groups in total. The van der Waals surface area contributed by atoms with Gasteiger partial charge in [-0.05, 0) is 31.8 Å².